The number of aryl methyl sites for hydroxylation is 1. The molecule has 2 aliphatic heterocycles. The monoisotopic (exact) mass is 286 g/mol. The largest absolute Gasteiger partial charge is 0.300 e. The number of likely N-dealkylation sites (tertiary alicyclic amines) is 2. The van der Waals surface area contributed by atoms with Gasteiger partial charge in [0, 0.05) is 12.6 Å². The Morgan fingerprint density at radius 2 is 1.48 bits per heavy atom. The van der Waals surface area contributed by atoms with Crippen molar-refractivity contribution in [1.29, 1.82) is 0 Å². The van der Waals surface area contributed by atoms with Crippen LogP contribution >= 0.6 is 0 Å². The van der Waals surface area contributed by atoms with Crippen LogP contribution in [0.2, 0.25) is 0 Å². The standard InChI is InChI=1S/C19H30N2/c1-2-17-6-8-18(9-7-17)16-20-14-10-19(11-15-20)21-12-4-3-5-13-21/h6-9,19H,2-5,10-16H2,1H3. The number of benzene rings is 1. The lowest BCUT2D eigenvalue weighted by Gasteiger charge is -2.40. The molecule has 0 radical (unpaired) electrons. The van der Waals surface area contributed by atoms with Gasteiger partial charge in [0.15, 0.2) is 0 Å². The number of hydrogen-bond donors (Lipinski definition) is 0. The first-order valence-electron chi connectivity index (χ1n) is 8.89. The topological polar surface area (TPSA) is 6.48 Å². The second-order valence-corrected chi connectivity index (χ2v) is 6.77. The summed E-state index contributed by atoms with van der Waals surface area (Å²) in [5.41, 5.74) is 2.92. The average Bonchev–Trinajstić information content (AvgIpc) is 2.57. The van der Waals surface area contributed by atoms with Gasteiger partial charge in [-0.3, -0.25) is 4.90 Å². The Morgan fingerprint density at radius 3 is 2.10 bits per heavy atom. The van der Waals surface area contributed by atoms with Gasteiger partial charge in [-0.2, -0.15) is 0 Å². The van der Waals surface area contributed by atoms with Crippen LogP contribution in [0.4, 0.5) is 0 Å². The summed E-state index contributed by atoms with van der Waals surface area (Å²) < 4.78 is 0. The van der Waals surface area contributed by atoms with Crippen molar-refractivity contribution in [2.24, 2.45) is 0 Å². The van der Waals surface area contributed by atoms with Crippen molar-refractivity contribution >= 4 is 0 Å². The predicted octanol–water partition coefficient (Wildman–Crippen LogP) is 3.70. The summed E-state index contributed by atoms with van der Waals surface area (Å²) in [6.07, 6.45) is 8.17. The minimum atomic E-state index is 0.865. The van der Waals surface area contributed by atoms with E-state index in [4.69, 9.17) is 0 Å². The molecule has 2 aliphatic rings. The van der Waals surface area contributed by atoms with Crippen LogP contribution in [0.5, 0.6) is 0 Å². The minimum absolute atomic E-state index is 0.865. The zero-order chi connectivity index (χ0) is 14.5. The third kappa shape index (κ3) is 4.08. The van der Waals surface area contributed by atoms with Crippen molar-refractivity contribution in [3.05, 3.63) is 35.4 Å². The van der Waals surface area contributed by atoms with Crippen LogP contribution in [0.3, 0.4) is 0 Å². The Bertz CT molecular complexity index is 412. The van der Waals surface area contributed by atoms with Gasteiger partial charge in [-0.05, 0) is 69.4 Å². The van der Waals surface area contributed by atoms with Crippen LogP contribution < -0.4 is 0 Å². The summed E-state index contributed by atoms with van der Waals surface area (Å²) in [6.45, 7) is 8.61. The van der Waals surface area contributed by atoms with E-state index < -0.39 is 0 Å². The Hall–Kier alpha value is -0.860. The second-order valence-electron chi connectivity index (χ2n) is 6.77. The van der Waals surface area contributed by atoms with Crippen LogP contribution in [0.25, 0.3) is 0 Å². The van der Waals surface area contributed by atoms with Crippen LogP contribution in [-0.2, 0) is 13.0 Å². The molecule has 0 bridgehead atoms. The van der Waals surface area contributed by atoms with E-state index in [9.17, 15) is 0 Å². The van der Waals surface area contributed by atoms with Gasteiger partial charge in [0.25, 0.3) is 0 Å². The maximum absolute atomic E-state index is 2.76. The van der Waals surface area contributed by atoms with Gasteiger partial charge in [0.1, 0.15) is 0 Å². The van der Waals surface area contributed by atoms with Gasteiger partial charge in [-0.15, -0.1) is 0 Å². The highest BCUT2D eigenvalue weighted by Crippen LogP contribution is 2.22. The fraction of sp³-hybridized carbons (Fsp3) is 0.684. The Morgan fingerprint density at radius 1 is 0.857 bits per heavy atom. The molecular weight excluding hydrogens is 256 g/mol. The molecule has 2 saturated heterocycles. The van der Waals surface area contributed by atoms with Gasteiger partial charge in [-0.25, -0.2) is 0 Å². The highest BCUT2D eigenvalue weighted by Gasteiger charge is 2.25. The summed E-state index contributed by atoms with van der Waals surface area (Å²) in [4.78, 5) is 5.40. The summed E-state index contributed by atoms with van der Waals surface area (Å²) in [5.74, 6) is 0. The quantitative estimate of drug-likeness (QED) is 0.833. The number of rotatable bonds is 4. The molecule has 3 rings (SSSR count). The number of hydrogen-bond acceptors (Lipinski definition) is 2. The molecule has 2 fully saturated rings. The highest BCUT2D eigenvalue weighted by atomic mass is 15.2. The zero-order valence-corrected chi connectivity index (χ0v) is 13.6. The molecular formula is C19H30N2. The highest BCUT2D eigenvalue weighted by molar-refractivity contribution is 5.22. The molecule has 0 aliphatic carbocycles. The van der Waals surface area contributed by atoms with Crippen molar-refractivity contribution in [1.82, 2.24) is 9.80 Å². The van der Waals surface area contributed by atoms with Crippen molar-refractivity contribution in [2.45, 2.75) is 58.0 Å². The van der Waals surface area contributed by atoms with Crippen molar-refractivity contribution in [2.75, 3.05) is 26.2 Å². The molecule has 0 unspecified atom stereocenters. The molecule has 2 heterocycles. The maximum Gasteiger partial charge on any atom is 0.0233 e. The van der Waals surface area contributed by atoms with E-state index in [2.05, 4.69) is 41.0 Å². The van der Waals surface area contributed by atoms with Gasteiger partial charge in [0.05, 0.1) is 0 Å². The fourth-order valence-corrected chi connectivity index (χ4v) is 3.86. The van der Waals surface area contributed by atoms with Crippen LogP contribution in [0.1, 0.15) is 50.2 Å². The third-order valence-corrected chi connectivity index (χ3v) is 5.30. The third-order valence-electron chi connectivity index (χ3n) is 5.30. The van der Waals surface area contributed by atoms with Gasteiger partial charge < -0.3 is 4.90 Å². The molecule has 2 nitrogen and oxygen atoms in total. The zero-order valence-electron chi connectivity index (χ0n) is 13.6. The molecule has 0 N–H and O–H groups in total. The van der Waals surface area contributed by atoms with E-state index >= 15 is 0 Å². The molecule has 0 spiro atoms. The van der Waals surface area contributed by atoms with Crippen molar-refractivity contribution < 1.29 is 0 Å². The molecule has 1 aromatic rings. The van der Waals surface area contributed by atoms with E-state index in [0.29, 0.717) is 0 Å². The molecule has 0 aromatic heterocycles. The van der Waals surface area contributed by atoms with Crippen molar-refractivity contribution in [3.8, 4) is 0 Å². The van der Waals surface area contributed by atoms with Crippen LogP contribution in [-0.4, -0.2) is 42.0 Å². The lowest BCUT2D eigenvalue weighted by molar-refractivity contribution is 0.0896. The van der Waals surface area contributed by atoms with Crippen LogP contribution in [0.15, 0.2) is 24.3 Å². The molecule has 1 aromatic carbocycles. The lowest BCUT2D eigenvalue weighted by Crippen LogP contribution is -2.46. The number of nitrogens with zero attached hydrogens (tertiary/aromatic N) is 2. The first-order valence-corrected chi connectivity index (χ1v) is 8.89. The van der Waals surface area contributed by atoms with E-state index in [0.717, 1.165) is 19.0 Å². The molecule has 0 amide bonds. The summed E-state index contributed by atoms with van der Waals surface area (Å²) >= 11 is 0. The molecule has 21 heavy (non-hydrogen) atoms. The summed E-state index contributed by atoms with van der Waals surface area (Å²) in [7, 11) is 0. The van der Waals surface area contributed by atoms with Gasteiger partial charge in [0.2, 0.25) is 0 Å². The Balaban J connectivity index is 1.46. The summed E-state index contributed by atoms with van der Waals surface area (Å²) in [6, 6.07) is 10.1. The van der Waals surface area contributed by atoms with E-state index in [1.807, 2.05) is 0 Å². The average molecular weight is 286 g/mol. The Kier molecular flexibility index (Phi) is 5.32. The molecule has 116 valence electrons. The first kappa shape index (κ1) is 15.1. The first-order chi connectivity index (χ1) is 10.3. The Labute approximate surface area is 130 Å². The second kappa shape index (κ2) is 7.42. The van der Waals surface area contributed by atoms with E-state index in [1.165, 1.54) is 69.4 Å². The summed E-state index contributed by atoms with van der Waals surface area (Å²) in [5, 5.41) is 0. The molecule has 2 heteroatoms. The van der Waals surface area contributed by atoms with Crippen LogP contribution in [0, 0.1) is 0 Å². The normalized spacial score (nSPS) is 22.5. The van der Waals surface area contributed by atoms with E-state index in [-0.39, 0.29) is 0 Å². The van der Waals surface area contributed by atoms with Gasteiger partial charge in [-0.1, -0.05) is 37.6 Å². The van der Waals surface area contributed by atoms with E-state index in [1.54, 1.807) is 0 Å². The fourth-order valence-electron chi connectivity index (χ4n) is 3.86. The maximum atomic E-state index is 2.76. The lowest BCUT2D eigenvalue weighted by atomic mass is 9.99. The van der Waals surface area contributed by atoms with Gasteiger partial charge >= 0.3 is 0 Å². The molecule has 0 atom stereocenters. The predicted molar refractivity (Wildman–Crippen MR) is 89.5 cm³/mol. The smallest absolute Gasteiger partial charge is 0.0233 e. The number of piperidine rings is 2. The SMILES string of the molecule is CCc1ccc(CN2CCC(N3CCCCC3)CC2)cc1. The molecule has 0 saturated carbocycles. The minimum Gasteiger partial charge on any atom is -0.300 e. The van der Waals surface area contributed by atoms with Crippen molar-refractivity contribution in [3.63, 3.8) is 0 Å².